The lowest BCUT2D eigenvalue weighted by atomic mass is 10.0. The SMILES string of the molecule is Cc1cccc(N2C(=O)NC(=O)/C(=C\c3ccc(N4CCCC4)c(F)c3)C2=O)c1C. The van der Waals surface area contributed by atoms with Crippen LogP contribution in [0, 0.1) is 19.7 Å². The zero-order chi connectivity index (χ0) is 21.4. The molecule has 2 aliphatic rings. The van der Waals surface area contributed by atoms with E-state index in [2.05, 4.69) is 5.32 Å². The van der Waals surface area contributed by atoms with Gasteiger partial charge in [0.25, 0.3) is 11.8 Å². The minimum atomic E-state index is -0.800. The van der Waals surface area contributed by atoms with E-state index in [1.165, 1.54) is 12.1 Å². The predicted molar refractivity (Wildman–Crippen MR) is 113 cm³/mol. The van der Waals surface area contributed by atoms with Gasteiger partial charge in [-0.1, -0.05) is 18.2 Å². The normalized spacial score (nSPS) is 18.4. The zero-order valence-corrected chi connectivity index (χ0v) is 16.9. The standard InChI is InChI=1S/C23H22FN3O3/c1-14-6-5-7-19(15(14)2)27-22(29)17(21(28)25-23(27)30)12-16-8-9-20(18(24)13-16)26-10-3-4-11-26/h5-9,12-13H,3-4,10-11H2,1-2H3,(H,25,28,30)/b17-12+. The number of carbonyl (C=O) groups excluding carboxylic acids is 3. The molecule has 0 atom stereocenters. The Labute approximate surface area is 174 Å². The molecule has 2 aromatic carbocycles. The van der Waals surface area contributed by atoms with E-state index in [9.17, 15) is 18.8 Å². The van der Waals surface area contributed by atoms with Crippen LogP contribution < -0.4 is 15.1 Å². The molecule has 6 nitrogen and oxygen atoms in total. The number of barbiturate groups is 1. The van der Waals surface area contributed by atoms with Gasteiger partial charge in [-0.25, -0.2) is 14.1 Å². The first kappa shape index (κ1) is 19.8. The Morgan fingerprint density at radius 1 is 1.00 bits per heavy atom. The summed E-state index contributed by atoms with van der Waals surface area (Å²) in [6, 6.07) is 9.10. The molecule has 0 saturated carbocycles. The lowest BCUT2D eigenvalue weighted by Gasteiger charge is -2.28. The molecule has 4 amide bonds. The van der Waals surface area contributed by atoms with Gasteiger partial charge in [0.15, 0.2) is 0 Å². The van der Waals surface area contributed by atoms with Crippen LogP contribution in [0.2, 0.25) is 0 Å². The van der Waals surface area contributed by atoms with Crippen molar-refractivity contribution >= 4 is 35.3 Å². The van der Waals surface area contributed by atoms with Crippen molar-refractivity contribution in [2.24, 2.45) is 0 Å². The van der Waals surface area contributed by atoms with Gasteiger partial charge in [-0.15, -0.1) is 0 Å². The molecule has 2 aliphatic heterocycles. The Hall–Kier alpha value is -3.48. The summed E-state index contributed by atoms with van der Waals surface area (Å²) in [5.41, 5.74) is 2.76. The number of amides is 4. The molecule has 7 heteroatoms. The molecule has 0 unspecified atom stereocenters. The van der Waals surface area contributed by atoms with Crippen molar-refractivity contribution in [1.29, 1.82) is 0 Å². The van der Waals surface area contributed by atoms with Crippen LogP contribution >= 0.6 is 0 Å². The van der Waals surface area contributed by atoms with Crippen LogP contribution in [0.1, 0.15) is 29.5 Å². The Morgan fingerprint density at radius 2 is 1.73 bits per heavy atom. The van der Waals surface area contributed by atoms with E-state index < -0.39 is 23.7 Å². The Morgan fingerprint density at radius 3 is 2.43 bits per heavy atom. The molecule has 1 N–H and O–H groups in total. The largest absolute Gasteiger partial charge is 0.369 e. The molecule has 154 valence electrons. The summed E-state index contributed by atoms with van der Waals surface area (Å²) in [7, 11) is 0. The van der Waals surface area contributed by atoms with Crippen molar-refractivity contribution < 1.29 is 18.8 Å². The number of hydrogen-bond donors (Lipinski definition) is 1. The van der Waals surface area contributed by atoms with Gasteiger partial charge in [0, 0.05) is 13.1 Å². The second-order valence-corrected chi connectivity index (χ2v) is 7.58. The average Bonchev–Trinajstić information content (AvgIpc) is 3.23. The maximum absolute atomic E-state index is 14.6. The average molecular weight is 407 g/mol. The molecular weight excluding hydrogens is 385 g/mol. The number of nitrogens with zero attached hydrogens (tertiary/aromatic N) is 2. The lowest BCUT2D eigenvalue weighted by Crippen LogP contribution is -2.54. The quantitative estimate of drug-likeness (QED) is 0.622. The summed E-state index contributed by atoms with van der Waals surface area (Å²) in [5.74, 6) is -1.94. The number of anilines is 2. The maximum atomic E-state index is 14.6. The second kappa shape index (κ2) is 7.74. The highest BCUT2D eigenvalue weighted by atomic mass is 19.1. The molecule has 2 aromatic rings. The zero-order valence-electron chi connectivity index (χ0n) is 16.9. The number of hydrogen-bond acceptors (Lipinski definition) is 4. The van der Waals surface area contributed by atoms with E-state index in [-0.39, 0.29) is 5.57 Å². The topological polar surface area (TPSA) is 69.7 Å². The molecule has 0 bridgehead atoms. The predicted octanol–water partition coefficient (Wildman–Crippen LogP) is 3.71. The fourth-order valence-electron chi connectivity index (χ4n) is 3.85. The van der Waals surface area contributed by atoms with Gasteiger partial charge >= 0.3 is 6.03 Å². The Kier molecular flexibility index (Phi) is 5.11. The van der Waals surface area contributed by atoms with Gasteiger partial charge in [-0.3, -0.25) is 14.9 Å². The number of imide groups is 2. The first-order valence-corrected chi connectivity index (χ1v) is 9.89. The minimum absolute atomic E-state index is 0.219. The van der Waals surface area contributed by atoms with Crippen LogP contribution in [0.25, 0.3) is 6.08 Å². The fourth-order valence-corrected chi connectivity index (χ4v) is 3.85. The number of carbonyl (C=O) groups is 3. The first-order valence-electron chi connectivity index (χ1n) is 9.89. The molecule has 0 spiro atoms. The third-order valence-corrected chi connectivity index (χ3v) is 5.65. The number of nitrogens with one attached hydrogen (secondary N) is 1. The number of aryl methyl sites for hydroxylation is 1. The van der Waals surface area contributed by atoms with Crippen molar-refractivity contribution in [1.82, 2.24) is 5.32 Å². The van der Waals surface area contributed by atoms with Crippen LogP contribution in [0.15, 0.2) is 42.0 Å². The molecule has 2 saturated heterocycles. The highest BCUT2D eigenvalue weighted by Gasteiger charge is 2.37. The molecular formula is C23H22FN3O3. The van der Waals surface area contributed by atoms with E-state index >= 15 is 0 Å². The maximum Gasteiger partial charge on any atom is 0.335 e. The van der Waals surface area contributed by atoms with Gasteiger partial charge in [-0.2, -0.15) is 0 Å². The van der Waals surface area contributed by atoms with Crippen LogP contribution in [0.3, 0.4) is 0 Å². The highest BCUT2D eigenvalue weighted by molar-refractivity contribution is 6.39. The van der Waals surface area contributed by atoms with Crippen molar-refractivity contribution in [2.75, 3.05) is 22.9 Å². The molecule has 30 heavy (non-hydrogen) atoms. The van der Waals surface area contributed by atoms with E-state index in [4.69, 9.17) is 0 Å². The molecule has 4 rings (SSSR count). The summed E-state index contributed by atoms with van der Waals surface area (Å²) in [4.78, 5) is 40.7. The van der Waals surface area contributed by atoms with E-state index in [1.54, 1.807) is 31.2 Å². The van der Waals surface area contributed by atoms with E-state index in [1.807, 2.05) is 17.9 Å². The summed E-state index contributed by atoms with van der Waals surface area (Å²) in [6.07, 6.45) is 3.38. The number of urea groups is 1. The Bertz CT molecular complexity index is 1090. The molecule has 2 fully saturated rings. The second-order valence-electron chi connectivity index (χ2n) is 7.58. The monoisotopic (exact) mass is 407 g/mol. The van der Waals surface area contributed by atoms with Crippen molar-refractivity contribution in [2.45, 2.75) is 26.7 Å². The van der Waals surface area contributed by atoms with E-state index in [0.29, 0.717) is 16.9 Å². The summed E-state index contributed by atoms with van der Waals surface area (Å²) < 4.78 is 14.6. The van der Waals surface area contributed by atoms with Crippen LogP contribution in [0.4, 0.5) is 20.6 Å². The fraction of sp³-hybridized carbons (Fsp3) is 0.261. The Balaban J connectivity index is 1.69. The first-order chi connectivity index (χ1) is 14.4. The van der Waals surface area contributed by atoms with Gasteiger partial charge in [0.2, 0.25) is 0 Å². The van der Waals surface area contributed by atoms with Crippen molar-refractivity contribution in [3.8, 4) is 0 Å². The van der Waals surface area contributed by atoms with Crippen molar-refractivity contribution in [3.05, 3.63) is 64.5 Å². The van der Waals surface area contributed by atoms with Crippen molar-refractivity contribution in [3.63, 3.8) is 0 Å². The molecule has 0 aliphatic carbocycles. The van der Waals surface area contributed by atoms with Gasteiger partial charge in [-0.05, 0) is 67.7 Å². The lowest BCUT2D eigenvalue weighted by molar-refractivity contribution is -0.122. The highest BCUT2D eigenvalue weighted by Crippen LogP contribution is 2.28. The minimum Gasteiger partial charge on any atom is -0.369 e. The summed E-state index contributed by atoms with van der Waals surface area (Å²) in [5, 5.41) is 2.20. The summed E-state index contributed by atoms with van der Waals surface area (Å²) >= 11 is 0. The number of rotatable bonds is 3. The molecule has 0 aromatic heterocycles. The molecule has 2 heterocycles. The van der Waals surface area contributed by atoms with E-state index in [0.717, 1.165) is 42.0 Å². The van der Waals surface area contributed by atoms with Gasteiger partial charge in [0.1, 0.15) is 11.4 Å². The third kappa shape index (κ3) is 3.47. The number of halogens is 1. The van der Waals surface area contributed by atoms with Gasteiger partial charge < -0.3 is 4.90 Å². The van der Waals surface area contributed by atoms with Gasteiger partial charge in [0.05, 0.1) is 11.4 Å². The summed E-state index contributed by atoms with van der Waals surface area (Å²) in [6.45, 7) is 5.30. The smallest absolute Gasteiger partial charge is 0.335 e. The van der Waals surface area contributed by atoms with Crippen LogP contribution in [-0.2, 0) is 9.59 Å². The molecule has 0 radical (unpaired) electrons. The number of benzene rings is 2. The van der Waals surface area contributed by atoms with Crippen LogP contribution in [-0.4, -0.2) is 30.9 Å². The third-order valence-electron chi connectivity index (χ3n) is 5.65. The van der Waals surface area contributed by atoms with Crippen LogP contribution in [0.5, 0.6) is 0 Å².